The Bertz CT molecular complexity index is 357. The summed E-state index contributed by atoms with van der Waals surface area (Å²) in [5.74, 6) is -0.326. The third kappa shape index (κ3) is 1.12. The van der Waals surface area contributed by atoms with Gasteiger partial charge in [0.2, 0.25) is 0 Å². The summed E-state index contributed by atoms with van der Waals surface area (Å²) in [5, 5.41) is 11.9. The van der Waals surface area contributed by atoms with Gasteiger partial charge in [0.25, 0.3) is 0 Å². The first kappa shape index (κ1) is 7.97. The number of ether oxygens (including phenoxy) is 1. The van der Waals surface area contributed by atoms with Crippen molar-refractivity contribution in [3.63, 3.8) is 0 Å². The minimum absolute atomic E-state index is 0.245. The van der Waals surface area contributed by atoms with Gasteiger partial charge in [0.1, 0.15) is 12.3 Å². The van der Waals surface area contributed by atoms with Crippen LogP contribution in [-0.4, -0.2) is 28.8 Å². The fraction of sp³-hybridized carbons (Fsp3) is 0.375. The third-order valence-corrected chi connectivity index (χ3v) is 2.01. The Morgan fingerprint density at radius 1 is 1.77 bits per heavy atom. The van der Waals surface area contributed by atoms with Crippen molar-refractivity contribution in [2.24, 2.45) is 7.05 Å². The van der Waals surface area contributed by atoms with E-state index in [0.717, 1.165) is 0 Å². The SMILES string of the molecule is Cn1cc2c(c1C(=O)O)NCCO2. The molecule has 0 aliphatic carbocycles. The van der Waals surface area contributed by atoms with E-state index in [9.17, 15) is 4.79 Å². The van der Waals surface area contributed by atoms with Crippen LogP contribution in [-0.2, 0) is 7.05 Å². The van der Waals surface area contributed by atoms with Gasteiger partial charge in [-0.15, -0.1) is 0 Å². The average molecular weight is 182 g/mol. The molecule has 2 heterocycles. The average Bonchev–Trinajstić information content (AvgIpc) is 2.39. The number of rotatable bonds is 1. The first-order valence-electron chi connectivity index (χ1n) is 3.99. The van der Waals surface area contributed by atoms with Crippen LogP contribution in [0.3, 0.4) is 0 Å². The first-order chi connectivity index (χ1) is 6.20. The highest BCUT2D eigenvalue weighted by atomic mass is 16.5. The van der Waals surface area contributed by atoms with Crippen LogP contribution in [0.15, 0.2) is 6.20 Å². The smallest absolute Gasteiger partial charge is 0.354 e. The second kappa shape index (κ2) is 2.69. The molecule has 2 rings (SSSR count). The number of nitrogens with zero attached hydrogens (tertiary/aromatic N) is 1. The number of nitrogens with one attached hydrogen (secondary N) is 1. The lowest BCUT2D eigenvalue weighted by atomic mass is 10.3. The van der Waals surface area contributed by atoms with Crippen molar-refractivity contribution in [1.82, 2.24) is 4.57 Å². The predicted molar refractivity (Wildman–Crippen MR) is 46.4 cm³/mol. The fourth-order valence-electron chi connectivity index (χ4n) is 1.47. The van der Waals surface area contributed by atoms with Crippen LogP contribution in [0, 0.1) is 0 Å². The fourth-order valence-corrected chi connectivity index (χ4v) is 1.47. The van der Waals surface area contributed by atoms with Gasteiger partial charge in [0, 0.05) is 19.8 Å². The molecule has 0 fully saturated rings. The quantitative estimate of drug-likeness (QED) is 0.664. The number of aromatic nitrogens is 1. The Kier molecular flexibility index (Phi) is 1.65. The highest BCUT2D eigenvalue weighted by Crippen LogP contribution is 2.32. The van der Waals surface area contributed by atoms with Gasteiger partial charge in [-0.05, 0) is 0 Å². The highest BCUT2D eigenvalue weighted by Gasteiger charge is 2.22. The monoisotopic (exact) mass is 182 g/mol. The maximum absolute atomic E-state index is 10.8. The van der Waals surface area contributed by atoms with Crippen molar-refractivity contribution in [2.45, 2.75) is 0 Å². The second-order valence-corrected chi connectivity index (χ2v) is 2.91. The molecule has 0 unspecified atom stereocenters. The molecule has 0 saturated heterocycles. The van der Waals surface area contributed by atoms with E-state index in [0.29, 0.717) is 24.6 Å². The summed E-state index contributed by atoms with van der Waals surface area (Å²) < 4.78 is 6.84. The minimum Gasteiger partial charge on any atom is -0.488 e. The summed E-state index contributed by atoms with van der Waals surface area (Å²) in [4.78, 5) is 10.8. The van der Waals surface area contributed by atoms with Gasteiger partial charge in [0.15, 0.2) is 11.4 Å². The number of hydrogen-bond donors (Lipinski definition) is 2. The van der Waals surface area contributed by atoms with E-state index in [4.69, 9.17) is 9.84 Å². The molecule has 1 aromatic heterocycles. The van der Waals surface area contributed by atoms with E-state index >= 15 is 0 Å². The molecule has 5 nitrogen and oxygen atoms in total. The minimum atomic E-state index is -0.943. The van der Waals surface area contributed by atoms with Crippen LogP contribution in [0.5, 0.6) is 5.75 Å². The molecule has 2 N–H and O–H groups in total. The summed E-state index contributed by atoms with van der Waals surface area (Å²) in [5.41, 5.74) is 0.830. The number of fused-ring (bicyclic) bond motifs is 1. The summed E-state index contributed by atoms with van der Waals surface area (Å²) in [6, 6.07) is 0. The maximum Gasteiger partial charge on any atom is 0.354 e. The highest BCUT2D eigenvalue weighted by molar-refractivity contribution is 5.94. The molecule has 0 saturated carbocycles. The molecule has 0 spiro atoms. The molecule has 0 amide bonds. The second-order valence-electron chi connectivity index (χ2n) is 2.91. The molecular weight excluding hydrogens is 172 g/mol. The number of aromatic carboxylic acids is 1. The lowest BCUT2D eigenvalue weighted by Gasteiger charge is -2.15. The number of carboxylic acid groups (broad SMARTS) is 1. The molecule has 0 aromatic carbocycles. The van der Waals surface area contributed by atoms with Crippen molar-refractivity contribution in [2.75, 3.05) is 18.5 Å². The molecule has 0 bridgehead atoms. The zero-order valence-electron chi connectivity index (χ0n) is 7.20. The van der Waals surface area contributed by atoms with Gasteiger partial charge in [-0.1, -0.05) is 0 Å². The molecule has 0 radical (unpaired) electrons. The van der Waals surface area contributed by atoms with Crippen molar-refractivity contribution in [1.29, 1.82) is 0 Å². The largest absolute Gasteiger partial charge is 0.488 e. The predicted octanol–water partition coefficient (Wildman–Crippen LogP) is 0.528. The zero-order chi connectivity index (χ0) is 9.42. The van der Waals surface area contributed by atoms with Crippen molar-refractivity contribution in [3.05, 3.63) is 11.9 Å². The van der Waals surface area contributed by atoms with E-state index in [-0.39, 0.29) is 5.69 Å². The van der Waals surface area contributed by atoms with E-state index < -0.39 is 5.97 Å². The van der Waals surface area contributed by atoms with Crippen LogP contribution < -0.4 is 10.1 Å². The lowest BCUT2D eigenvalue weighted by molar-refractivity contribution is 0.0687. The van der Waals surface area contributed by atoms with Crippen LogP contribution >= 0.6 is 0 Å². The molecule has 70 valence electrons. The number of aryl methyl sites for hydroxylation is 1. The molecule has 1 aliphatic rings. The van der Waals surface area contributed by atoms with Gasteiger partial charge in [-0.25, -0.2) is 4.79 Å². The summed E-state index contributed by atoms with van der Waals surface area (Å²) in [6.45, 7) is 1.23. The Labute approximate surface area is 74.9 Å². The molecule has 1 aromatic rings. The van der Waals surface area contributed by atoms with E-state index in [2.05, 4.69) is 5.32 Å². The first-order valence-corrected chi connectivity index (χ1v) is 3.99. The van der Waals surface area contributed by atoms with E-state index in [1.165, 1.54) is 0 Å². The normalized spacial score (nSPS) is 14.2. The summed E-state index contributed by atoms with van der Waals surface area (Å²) in [6.07, 6.45) is 1.67. The number of carboxylic acids is 1. The standard InChI is InChI=1S/C8H10N2O3/c1-10-4-5-6(7(10)8(11)12)9-2-3-13-5/h4,9H,2-3H2,1H3,(H,11,12). The topological polar surface area (TPSA) is 63.5 Å². The van der Waals surface area contributed by atoms with Gasteiger partial charge in [-0.2, -0.15) is 0 Å². The lowest BCUT2D eigenvalue weighted by Crippen LogP contribution is -2.18. The van der Waals surface area contributed by atoms with Gasteiger partial charge in [0.05, 0.1) is 0 Å². The summed E-state index contributed by atoms with van der Waals surface area (Å²) in [7, 11) is 1.69. The Balaban J connectivity index is 2.54. The van der Waals surface area contributed by atoms with E-state index in [1.54, 1.807) is 17.8 Å². The molecule has 13 heavy (non-hydrogen) atoms. The van der Waals surface area contributed by atoms with Crippen molar-refractivity contribution >= 4 is 11.7 Å². The Morgan fingerprint density at radius 3 is 3.23 bits per heavy atom. The van der Waals surface area contributed by atoms with Crippen LogP contribution in [0.2, 0.25) is 0 Å². The van der Waals surface area contributed by atoms with Crippen molar-refractivity contribution < 1.29 is 14.6 Å². The summed E-state index contributed by atoms with van der Waals surface area (Å²) >= 11 is 0. The van der Waals surface area contributed by atoms with Gasteiger partial charge in [-0.3, -0.25) is 0 Å². The van der Waals surface area contributed by atoms with Crippen LogP contribution in [0.25, 0.3) is 0 Å². The van der Waals surface area contributed by atoms with Gasteiger partial charge >= 0.3 is 5.97 Å². The third-order valence-electron chi connectivity index (χ3n) is 2.01. The Hall–Kier alpha value is -1.65. The number of carbonyl (C=O) groups is 1. The van der Waals surface area contributed by atoms with E-state index in [1.807, 2.05) is 0 Å². The zero-order valence-corrected chi connectivity index (χ0v) is 7.20. The van der Waals surface area contributed by atoms with Crippen LogP contribution in [0.1, 0.15) is 10.5 Å². The van der Waals surface area contributed by atoms with Crippen molar-refractivity contribution in [3.8, 4) is 5.75 Å². The Morgan fingerprint density at radius 2 is 2.54 bits per heavy atom. The molecule has 1 aliphatic heterocycles. The maximum atomic E-state index is 10.8. The number of hydrogen-bond acceptors (Lipinski definition) is 3. The molecular formula is C8H10N2O3. The molecule has 5 heteroatoms. The molecule has 0 atom stereocenters. The van der Waals surface area contributed by atoms with Gasteiger partial charge < -0.3 is 19.7 Å². The van der Waals surface area contributed by atoms with Crippen LogP contribution in [0.4, 0.5) is 5.69 Å². The number of anilines is 1.